The van der Waals surface area contributed by atoms with E-state index in [-0.39, 0.29) is 11.3 Å². The topological polar surface area (TPSA) is 46.7 Å². The zero-order chi connectivity index (χ0) is 17.1. The van der Waals surface area contributed by atoms with E-state index in [0.717, 1.165) is 15.8 Å². The van der Waals surface area contributed by atoms with Gasteiger partial charge in [-0.15, -0.1) is 0 Å². The molecular weight excluding hydrogens is 373 g/mol. The summed E-state index contributed by atoms with van der Waals surface area (Å²) in [4.78, 5) is 21.7. The smallest absolute Gasteiger partial charge is 0.193 e. The van der Waals surface area contributed by atoms with E-state index in [2.05, 4.69) is 25.9 Å². The predicted octanol–water partition coefficient (Wildman–Crippen LogP) is 4.05. The molecule has 0 fully saturated rings. The summed E-state index contributed by atoms with van der Waals surface area (Å²) in [6.07, 6.45) is 3.56. The number of hydrogen-bond donors (Lipinski definition) is 0. The molecule has 0 atom stereocenters. The van der Waals surface area contributed by atoms with Crippen LogP contribution >= 0.6 is 15.9 Å². The maximum absolute atomic E-state index is 14.4. The number of rotatable bonds is 1. The van der Waals surface area contributed by atoms with E-state index in [1.165, 1.54) is 6.07 Å². The number of carbonyl (C=O) groups is 1. The van der Waals surface area contributed by atoms with Gasteiger partial charge in [-0.3, -0.25) is 14.2 Å². The summed E-state index contributed by atoms with van der Waals surface area (Å²) in [6, 6.07) is 8.40. The Kier molecular flexibility index (Phi) is 3.22. The summed E-state index contributed by atoms with van der Waals surface area (Å²) >= 11 is 3.47. The van der Waals surface area contributed by atoms with Crippen LogP contribution in [0.4, 0.5) is 4.39 Å². The molecule has 1 aliphatic heterocycles. The lowest BCUT2D eigenvalue weighted by atomic mass is 9.84. The Hall–Kier alpha value is -2.34. The van der Waals surface area contributed by atoms with E-state index in [1.54, 1.807) is 32.2 Å². The van der Waals surface area contributed by atoms with Gasteiger partial charge in [0.05, 0.1) is 27.6 Å². The van der Waals surface area contributed by atoms with Crippen LogP contribution in [-0.4, -0.2) is 26.4 Å². The van der Waals surface area contributed by atoms with Crippen molar-refractivity contribution in [2.45, 2.75) is 19.4 Å². The molecule has 1 aromatic carbocycles. The van der Waals surface area contributed by atoms with Crippen LogP contribution in [0.15, 0.2) is 52.2 Å². The molecule has 2 aromatic heterocycles. The van der Waals surface area contributed by atoms with Gasteiger partial charge < -0.3 is 0 Å². The van der Waals surface area contributed by atoms with Gasteiger partial charge in [-0.25, -0.2) is 9.37 Å². The first-order valence-corrected chi connectivity index (χ1v) is 8.25. The molecule has 3 heterocycles. The first-order valence-electron chi connectivity index (χ1n) is 7.45. The highest BCUT2D eigenvalue weighted by Gasteiger charge is 2.38. The summed E-state index contributed by atoms with van der Waals surface area (Å²) in [5, 5.41) is 0. The summed E-state index contributed by atoms with van der Waals surface area (Å²) in [5.74, 6) is -0.831. The number of hydrogen-bond acceptors (Lipinski definition) is 3. The largest absolute Gasteiger partial charge is 0.297 e. The Labute approximate surface area is 146 Å². The Bertz CT molecular complexity index is 1040. The Morgan fingerprint density at radius 3 is 2.79 bits per heavy atom. The molecule has 4 nitrogen and oxygen atoms in total. The lowest BCUT2D eigenvalue weighted by molar-refractivity contribution is 0.0908. The van der Waals surface area contributed by atoms with Crippen molar-refractivity contribution in [2.75, 3.05) is 0 Å². The van der Waals surface area contributed by atoms with Crippen LogP contribution in [0.3, 0.4) is 0 Å². The molecular formula is C18H13BrFN3O. The van der Waals surface area contributed by atoms with Crippen molar-refractivity contribution < 1.29 is 9.18 Å². The van der Waals surface area contributed by atoms with Crippen LogP contribution in [0, 0.1) is 5.82 Å². The average Bonchev–Trinajstić information content (AvgIpc) is 2.96. The molecule has 6 heteroatoms. The summed E-state index contributed by atoms with van der Waals surface area (Å²) in [5.41, 5.74) is 1.60. The number of aliphatic imine (C=N–C) groups is 1. The molecule has 0 aliphatic carbocycles. The molecule has 3 aromatic rings. The molecule has 4 rings (SSSR count). The third-order valence-corrected chi connectivity index (χ3v) is 4.79. The van der Waals surface area contributed by atoms with E-state index >= 15 is 0 Å². The third kappa shape index (κ3) is 2.06. The number of imidazole rings is 1. The van der Waals surface area contributed by atoms with Gasteiger partial charge in [-0.2, -0.15) is 0 Å². The molecule has 0 radical (unpaired) electrons. The molecule has 0 N–H and O–H groups in total. The average molecular weight is 386 g/mol. The minimum absolute atomic E-state index is 0.0949. The summed E-state index contributed by atoms with van der Waals surface area (Å²) in [7, 11) is 0. The lowest BCUT2D eigenvalue weighted by Gasteiger charge is -2.27. The van der Waals surface area contributed by atoms with Crippen LogP contribution in [-0.2, 0) is 0 Å². The van der Waals surface area contributed by atoms with Gasteiger partial charge >= 0.3 is 0 Å². The number of benzene rings is 1. The van der Waals surface area contributed by atoms with Gasteiger partial charge in [0.1, 0.15) is 11.4 Å². The van der Waals surface area contributed by atoms with Gasteiger partial charge in [-0.1, -0.05) is 12.1 Å². The monoisotopic (exact) mass is 385 g/mol. The standard InChI is InChI=1S/C18H13BrFN3O/c1-18(2)16(24)14-10(5-3-7-12(14)20)15(22-18)13-9-21-17-11(19)6-4-8-23(13)17/h3-9H,1-2H3. The summed E-state index contributed by atoms with van der Waals surface area (Å²) < 4.78 is 17.1. The number of pyridine rings is 1. The van der Waals surface area contributed by atoms with Crippen LogP contribution in [0.2, 0.25) is 0 Å². The van der Waals surface area contributed by atoms with Crippen molar-refractivity contribution in [1.82, 2.24) is 9.38 Å². The summed E-state index contributed by atoms with van der Waals surface area (Å²) in [6.45, 7) is 3.40. The fraction of sp³-hybridized carbons (Fsp3) is 0.167. The lowest BCUT2D eigenvalue weighted by Crippen LogP contribution is -2.37. The first kappa shape index (κ1) is 15.2. The second-order valence-electron chi connectivity index (χ2n) is 6.20. The second-order valence-corrected chi connectivity index (χ2v) is 7.06. The van der Waals surface area contributed by atoms with Crippen LogP contribution in [0.1, 0.15) is 35.5 Å². The highest BCUT2D eigenvalue weighted by molar-refractivity contribution is 9.10. The second kappa shape index (κ2) is 5.08. The highest BCUT2D eigenvalue weighted by atomic mass is 79.9. The highest BCUT2D eigenvalue weighted by Crippen LogP contribution is 2.31. The SMILES string of the molecule is CC1(C)N=C(c2cnc3c(Br)cccn23)c2cccc(F)c2C1=O. The fourth-order valence-electron chi connectivity index (χ4n) is 3.00. The van der Waals surface area contributed by atoms with Gasteiger partial charge in [0.2, 0.25) is 0 Å². The molecule has 0 saturated carbocycles. The number of carbonyl (C=O) groups excluding carboxylic acids is 1. The van der Waals surface area contributed by atoms with Crippen molar-refractivity contribution in [3.05, 3.63) is 69.8 Å². The van der Waals surface area contributed by atoms with Crippen molar-refractivity contribution in [3.8, 4) is 0 Å². The normalized spacial score (nSPS) is 16.2. The van der Waals surface area contributed by atoms with Crippen LogP contribution in [0.5, 0.6) is 0 Å². The van der Waals surface area contributed by atoms with Gasteiger partial charge in [0, 0.05) is 11.8 Å². The maximum Gasteiger partial charge on any atom is 0.193 e. The van der Waals surface area contributed by atoms with Crippen molar-refractivity contribution in [2.24, 2.45) is 4.99 Å². The third-order valence-electron chi connectivity index (χ3n) is 4.17. The Morgan fingerprint density at radius 2 is 2.00 bits per heavy atom. The first-order chi connectivity index (χ1) is 11.4. The maximum atomic E-state index is 14.4. The molecule has 0 amide bonds. The Morgan fingerprint density at radius 1 is 1.21 bits per heavy atom. The quantitative estimate of drug-likeness (QED) is 0.634. The van der Waals surface area contributed by atoms with E-state index in [9.17, 15) is 9.18 Å². The van der Waals surface area contributed by atoms with E-state index < -0.39 is 11.4 Å². The minimum Gasteiger partial charge on any atom is -0.297 e. The minimum atomic E-state index is -1.03. The zero-order valence-corrected chi connectivity index (χ0v) is 14.6. The molecule has 0 unspecified atom stereocenters. The van der Waals surface area contributed by atoms with Crippen molar-refractivity contribution in [1.29, 1.82) is 0 Å². The number of ketones is 1. The van der Waals surface area contributed by atoms with Crippen molar-refractivity contribution in [3.63, 3.8) is 0 Å². The van der Waals surface area contributed by atoms with Crippen molar-refractivity contribution >= 4 is 33.1 Å². The van der Waals surface area contributed by atoms with Gasteiger partial charge in [0.15, 0.2) is 11.4 Å². The molecule has 1 aliphatic rings. The predicted molar refractivity (Wildman–Crippen MR) is 93.3 cm³/mol. The number of fused-ring (bicyclic) bond motifs is 2. The molecule has 120 valence electrons. The van der Waals surface area contributed by atoms with Crippen LogP contribution in [0.25, 0.3) is 5.65 Å². The number of Topliss-reactive ketones (excluding diaryl/α,β-unsaturated/α-hetero) is 1. The Balaban J connectivity index is 2.06. The van der Waals surface area contributed by atoms with Crippen LogP contribution < -0.4 is 0 Å². The van der Waals surface area contributed by atoms with E-state index in [4.69, 9.17) is 0 Å². The number of aromatic nitrogens is 2. The fourth-order valence-corrected chi connectivity index (χ4v) is 3.44. The molecule has 0 bridgehead atoms. The molecule has 24 heavy (non-hydrogen) atoms. The molecule has 0 spiro atoms. The number of halogens is 2. The zero-order valence-electron chi connectivity index (χ0n) is 13.0. The number of nitrogens with zero attached hydrogens (tertiary/aromatic N) is 3. The van der Waals surface area contributed by atoms with E-state index in [1.807, 2.05) is 22.7 Å². The van der Waals surface area contributed by atoms with E-state index in [0.29, 0.717) is 11.3 Å². The van der Waals surface area contributed by atoms with Gasteiger partial charge in [-0.05, 0) is 48.0 Å². The van der Waals surface area contributed by atoms with Gasteiger partial charge in [0.25, 0.3) is 0 Å². The molecule has 0 saturated heterocycles.